The Morgan fingerprint density at radius 1 is 0.925 bits per heavy atom. The molecular weight excluding hydrogens is 550 g/mol. The topological polar surface area (TPSA) is 115 Å². The molecule has 0 radical (unpaired) electrons. The third-order valence-corrected chi connectivity index (χ3v) is 8.50. The monoisotopic (exact) mass is 581 g/mol. The molecule has 4 N–H and O–H groups in total. The minimum Gasteiger partial charge on any atom is -0.507 e. The fourth-order valence-electron chi connectivity index (χ4n) is 4.56. The molecule has 10 heteroatoms. The summed E-state index contributed by atoms with van der Waals surface area (Å²) >= 11 is 0. The van der Waals surface area contributed by atoms with Crippen molar-refractivity contribution in [2.75, 3.05) is 26.7 Å². The van der Waals surface area contributed by atoms with Crippen LogP contribution in [-0.4, -0.2) is 54.7 Å². The molecule has 0 bridgehead atoms. The summed E-state index contributed by atoms with van der Waals surface area (Å²) in [5.41, 5.74) is 3.29. The molecule has 5 aromatic rings. The highest BCUT2D eigenvalue weighted by Crippen LogP contribution is 2.30. The summed E-state index contributed by atoms with van der Waals surface area (Å²) < 4.78 is 33.3. The number of hydrogen-bond acceptors (Lipinski definition) is 6. The van der Waals surface area contributed by atoms with E-state index in [4.69, 9.17) is 4.74 Å². The summed E-state index contributed by atoms with van der Waals surface area (Å²) in [5, 5.41) is 26.4. The van der Waals surface area contributed by atoms with E-state index in [1.54, 1.807) is 0 Å². The number of aromatic nitrogens is 1. The van der Waals surface area contributed by atoms with E-state index in [0.29, 0.717) is 18.7 Å². The number of nitrogens with one attached hydrogen (secondary N) is 2. The summed E-state index contributed by atoms with van der Waals surface area (Å²) in [7, 11) is -2.52. The lowest BCUT2D eigenvalue weighted by Crippen LogP contribution is -2.28. The zero-order valence-electron chi connectivity index (χ0n) is 21.9. The molecule has 0 spiro atoms. The third-order valence-electron chi connectivity index (χ3n) is 6.67. The van der Waals surface area contributed by atoms with Crippen LogP contribution in [0.3, 0.4) is 0 Å². The van der Waals surface area contributed by atoms with Crippen LogP contribution in [0.2, 0.25) is 0 Å². The van der Waals surface area contributed by atoms with Crippen molar-refractivity contribution in [1.82, 2.24) is 14.6 Å². The van der Waals surface area contributed by atoms with Crippen LogP contribution in [0, 0.1) is 0 Å². The van der Waals surface area contributed by atoms with Gasteiger partial charge in [0.1, 0.15) is 23.0 Å². The van der Waals surface area contributed by atoms with Gasteiger partial charge in [-0.1, -0.05) is 54.6 Å². The first-order valence-electron chi connectivity index (χ1n) is 12.7. The highest BCUT2D eigenvalue weighted by atomic mass is 35.5. The van der Waals surface area contributed by atoms with Crippen molar-refractivity contribution in [3.05, 3.63) is 102 Å². The second-order valence-corrected chi connectivity index (χ2v) is 11.4. The molecule has 0 saturated heterocycles. The Bertz CT molecular complexity index is 1690. The van der Waals surface area contributed by atoms with Gasteiger partial charge in [0.25, 0.3) is 0 Å². The lowest BCUT2D eigenvalue weighted by molar-refractivity contribution is 0.171. The van der Waals surface area contributed by atoms with E-state index in [9.17, 15) is 18.6 Å². The second-order valence-electron chi connectivity index (χ2n) is 9.42. The molecule has 4 aromatic carbocycles. The summed E-state index contributed by atoms with van der Waals surface area (Å²) in [5.74, 6) is 0.378. The second kappa shape index (κ2) is 12.7. The molecule has 0 aliphatic heterocycles. The first-order valence-corrected chi connectivity index (χ1v) is 14.1. The molecule has 40 heavy (non-hydrogen) atoms. The van der Waals surface area contributed by atoms with E-state index in [0.717, 1.165) is 27.7 Å². The van der Waals surface area contributed by atoms with Crippen molar-refractivity contribution < 1.29 is 23.4 Å². The molecule has 1 aromatic heterocycles. The van der Waals surface area contributed by atoms with Crippen molar-refractivity contribution in [3.63, 3.8) is 0 Å². The van der Waals surface area contributed by atoms with Crippen LogP contribution in [0.1, 0.15) is 17.2 Å². The number of nitrogens with zero attached hydrogens (tertiary/aromatic N) is 1. The Labute approximate surface area is 239 Å². The van der Waals surface area contributed by atoms with E-state index in [2.05, 4.69) is 16.4 Å². The van der Waals surface area contributed by atoms with Gasteiger partial charge >= 0.3 is 0 Å². The minimum absolute atomic E-state index is 0. The lowest BCUT2D eigenvalue weighted by atomic mass is 10.1. The Hall–Kier alpha value is -3.60. The maximum atomic E-state index is 13.1. The third kappa shape index (κ3) is 6.41. The Balaban J connectivity index is 0.00000370. The van der Waals surface area contributed by atoms with Crippen molar-refractivity contribution >= 4 is 44.2 Å². The molecular formula is C30H32ClN3O5S. The largest absolute Gasteiger partial charge is 0.507 e. The number of benzene rings is 4. The number of ether oxygens (including phenoxy) is 1. The molecule has 0 saturated carbocycles. The lowest BCUT2D eigenvalue weighted by Gasteiger charge is -2.20. The van der Waals surface area contributed by atoms with Gasteiger partial charge in [0, 0.05) is 49.0 Å². The van der Waals surface area contributed by atoms with Gasteiger partial charge in [-0.15, -0.1) is 12.4 Å². The van der Waals surface area contributed by atoms with Gasteiger partial charge < -0.3 is 25.3 Å². The van der Waals surface area contributed by atoms with Crippen LogP contribution in [-0.2, 0) is 16.6 Å². The molecule has 1 unspecified atom stereocenters. The number of aromatic amines is 1. The number of hydrogen-bond donors (Lipinski definition) is 4. The number of H-pyrrole nitrogens is 1. The number of phenols is 1. The summed E-state index contributed by atoms with van der Waals surface area (Å²) in [6.07, 6.45) is -0.971. The highest BCUT2D eigenvalue weighted by Gasteiger charge is 2.25. The standard InChI is InChI=1S/C30H31N3O5S.ClH/c1-33(20-21-7-3-2-4-8-21)39(36,37)30-17-22(11-14-28(30)34)29(35)19-31-15-16-38-23-12-13-25-24-9-5-6-10-26(24)32-27(25)18-23;/h2-14,17-18,29,31-32,34-35H,15-16,19-20H2,1H3;1H. The molecule has 1 heterocycles. The first kappa shape index (κ1) is 29.4. The minimum atomic E-state index is -3.98. The average molecular weight is 582 g/mol. The number of aliphatic hydroxyl groups is 1. The molecule has 0 aliphatic rings. The molecule has 0 aliphatic carbocycles. The zero-order valence-corrected chi connectivity index (χ0v) is 23.6. The van der Waals surface area contributed by atoms with E-state index < -0.39 is 16.1 Å². The van der Waals surface area contributed by atoms with Crippen LogP contribution < -0.4 is 10.1 Å². The number of aliphatic hydroxyl groups excluding tert-OH is 1. The maximum absolute atomic E-state index is 13.1. The quantitative estimate of drug-likeness (QED) is 0.164. The Kier molecular flexibility index (Phi) is 9.34. The van der Waals surface area contributed by atoms with Gasteiger partial charge in [0.2, 0.25) is 10.0 Å². The molecule has 5 rings (SSSR count). The average Bonchev–Trinajstić information content (AvgIpc) is 3.31. The van der Waals surface area contributed by atoms with Crippen molar-refractivity contribution in [2.45, 2.75) is 17.5 Å². The fourth-order valence-corrected chi connectivity index (χ4v) is 5.83. The van der Waals surface area contributed by atoms with E-state index in [1.165, 1.54) is 34.9 Å². The predicted molar refractivity (Wildman–Crippen MR) is 160 cm³/mol. The van der Waals surface area contributed by atoms with Gasteiger partial charge in [0.05, 0.1) is 11.6 Å². The molecule has 210 valence electrons. The van der Waals surface area contributed by atoms with E-state index in [1.807, 2.05) is 66.7 Å². The Morgan fingerprint density at radius 3 is 2.45 bits per heavy atom. The summed E-state index contributed by atoms with van der Waals surface area (Å²) in [6, 6.07) is 27.4. The van der Waals surface area contributed by atoms with Crippen LogP contribution in [0.15, 0.2) is 95.9 Å². The van der Waals surface area contributed by atoms with Gasteiger partial charge in [0.15, 0.2) is 0 Å². The van der Waals surface area contributed by atoms with Crippen LogP contribution in [0.5, 0.6) is 11.5 Å². The highest BCUT2D eigenvalue weighted by molar-refractivity contribution is 7.89. The normalized spacial score (nSPS) is 12.5. The van der Waals surface area contributed by atoms with Gasteiger partial charge in [-0.05, 0) is 41.5 Å². The smallest absolute Gasteiger partial charge is 0.246 e. The maximum Gasteiger partial charge on any atom is 0.246 e. The van der Waals surface area contributed by atoms with E-state index in [-0.39, 0.29) is 36.1 Å². The van der Waals surface area contributed by atoms with Crippen molar-refractivity contribution in [3.8, 4) is 11.5 Å². The number of sulfonamides is 1. The molecule has 8 nitrogen and oxygen atoms in total. The SMILES string of the molecule is CN(Cc1ccccc1)S(=O)(=O)c1cc(C(O)CNCCOc2ccc3c(c2)[nH]c2ccccc23)ccc1O.Cl. The number of aromatic hydroxyl groups is 1. The number of para-hydroxylation sites is 1. The fraction of sp³-hybridized carbons (Fsp3) is 0.200. The number of fused-ring (bicyclic) bond motifs is 3. The number of phenolic OH excluding ortho intramolecular Hbond substituents is 1. The summed E-state index contributed by atoms with van der Waals surface area (Å²) in [4.78, 5) is 3.16. The van der Waals surface area contributed by atoms with Gasteiger partial charge in [-0.25, -0.2) is 8.42 Å². The molecule has 0 fully saturated rings. The number of halogens is 1. The Morgan fingerprint density at radius 2 is 1.65 bits per heavy atom. The van der Waals surface area contributed by atoms with Gasteiger partial charge in [-0.3, -0.25) is 0 Å². The van der Waals surface area contributed by atoms with Crippen LogP contribution in [0.25, 0.3) is 21.8 Å². The summed E-state index contributed by atoms with van der Waals surface area (Å²) in [6.45, 7) is 1.21. The van der Waals surface area contributed by atoms with Crippen molar-refractivity contribution in [2.24, 2.45) is 0 Å². The number of rotatable bonds is 11. The molecule has 1 atom stereocenters. The predicted octanol–water partition coefficient (Wildman–Crippen LogP) is 4.97. The van der Waals surface area contributed by atoms with Crippen LogP contribution in [0.4, 0.5) is 0 Å². The first-order chi connectivity index (χ1) is 18.8. The zero-order chi connectivity index (χ0) is 27.4. The van der Waals surface area contributed by atoms with Crippen LogP contribution >= 0.6 is 12.4 Å². The van der Waals surface area contributed by atoms with Gasteiger partial charge in [-0.2, -0.15) is 4.31 Å². The van der Waals surface area contributed by atoms with E-state index >= 15 is 0 Å². The molecule has 0 amide bonds. The van der Waals surface area contributed by atoms with Crippen molar-refractivity contribution in [1.29, 1.82) is 0 Å².